The Bertz CT molecular complexity index is 872. The fraction of sp³-hybridized carbons (Fsp3) is 0.0526. The van der Waals surface area contributed by atoms with Gasteiger partial charge in [-0.15, -0.1) is 11.8 Å². The second kappa shape index (κ2) is 8.64. The van der Waals surface area contributed by atoms with Gasteiger partial charge in [0.15, 0.2) is 0 Å². The molecule has 130 valence electrons. The number of hydrogen-bond donors (Lipinski definition) is 2. The van der Waals surface area contributed by atoms with Crippen LogP contribution in [0.3, 0.4) is 0 Å². The summed E-state index contributed by atoms with van der Waals surface area (Å²) in [4.78, 5) is 16.5. The molecule has 0 spiro atoms. The third-order valence-corrected chi connectivity index (χ3v) is 4.71. The van der Waals surface area contributed by atoms with Crippen molar-refractivity contribution in [2.45, 2.75) is 10.8 Å². The first-order chi connectivity index (χ1) is 12.6. The summed E-state index contributed by atoms with van der Waals surface area (Å²) in [6.07, 6.45) is 1.52. The van der Waals surface area contributed by atoms with E-state index in [4.69, 9.17) is 5.02 Å². The average molecular weight is 366 g/mol. The summed E-state index contributed by atoms with van der Waals surface area (Å²) < 4.78 is 12.9. The van der Waals surface area contributed by atoms with Crippen molar-refractivity contribution in [3.05, 3.63) is 83.8 Å². The van der Waals surface area contributed by atoms with E-state index in [-0.39, 0.29) is 19.2 Å². The highest BCUT2D eigenvalue weighted by molar-refractivity contribution is 7.98. The van der Waals surface area contributed by atoms with E-state index in [1.165, 1.54) is 30.5 Å². The second-order valence-corrected chi connectivity index (χ2v) is 6.61. The zero-order chi connectivity index (χ0) is 18.4. The van der Waals surface area contributed by atoms with Gasteiger partial charge in [0.05, 0.1) is 10.6 Å². The van der Waals surface area contributed by atoms with E-state index in [9.17, 15) is 9.18 Å². The molecule has 7 heteroatoms. The van der Waals surface area contributed by atoms with Crippen LogP contribution in [0.25, 0.3) is 0 Å². The van der Waals surface area contributed by atoms with Crippen molar-refractivity contribution in [1.29, 1.82) is 0 Å². The summed E-state index contributed by atoms with van der Waals surface area (Å²) in [6, 6.07) is 16.8. The standard InChI is InChI=1S/C19H16BFN2O2S/c21-16-6-8-17(9-7-16)23-19(24)14-3-10-18(22-11-14)26-12-13-1-4-15(20-25)5-2-13/h1-11,20,25H,12H2,(H,23,24). The van der Waals surface area contributed by atoms with E-state index in [1.54, 1.807) is 23.9 Å². The molecule has 0 aliphatic rings. The van der Waals surface area contributed by atoms with E-state index in [1.807, 2.05) is 24.3 Å². The Morgan fingerprint density at radius 3 is 2.42 bits per heavy atom. The minimum Gasteiger partial charge on any atom is -0.449 e. The van der Waals surface area contributed by atoms with Crippen LogP contribution in [0.1, 0.15) is 15.9 Å². The van der Waals surface area contributed by atoms with Crippen molar-refractivity contribution in [2.75, 3.05) is 5.32 Å². The van der Waals surface area contributed by atoms with Gasteiger partial charge in [0.1, 0.15) is 5.82 Å². The molecule has 26 heavy (non-hydrogen) atoms. The number of nitrogens with zero attached hydrogens (tertiary/aromatic N) is 1. The van der Waals surface area contributed by atoms with Gasteiger partial charge >= 0.3 is 7.48 Å². The Morgan fingerprint density at radius 2 is 1.81 bits per heavy atom. The number of pyridine rings is 1. The van der Waals surface area contributed by atoms with Gasteiger partial charge in [0.2, 0.25) is 0 Å². The van der Waals surface area contributed by atoms with Crippen LogP contribution in [0.2, 0.25) is 0 Å². The van der Waals surface area contributed by atoms with E-state index in [0.29, 0.717) is 11.3 Å². The van der Waals surface area contributed by atoms with Crippen molar-refractivity contribution in [1.82, 2.24) is 4.98 Å². The number of aromatic nitrogens is 1. The predicted octanol–water partition coefficient (Wildman–Crippen LogP) is 2.73. The number of rotatable bonds is 6. The molecule has 0 unspecified atom stereocenters. The summed E-state index contributed by atoms with van der Waals surface area (Å²) in [7, 11) is 0.0381. The number of nitrogens with one attached hydrogen (secondary N) is 1. The molecule has 0 aliphatic carbocycles. The highest BCUT2D eigenvalue weighted by Gasteiger charge is 2.07. The zero-order valence-electron chi connectivity index (χ0n) is 13.9. The van der Waals surface area contributed by atoms with E-state index >= 15 is 0 Å². The lowest BCUT2D eigenvalue weighted by molar-refractivity contribution is 0.102. The van der Waals surface area contributed by atoms with Crippen LogP contribution in [-0.4, -0.2) is 23.4 Å². The molecule has 2 aromatic carbocycles. The number of anilines is 1. The molecule has 0 atom stereocenters. The molecule has 0 aliphatic heterocycles. The highest BCUT2D eigenvalue weighted by atomic mass is 32.2. The highest BCUT2D eigenvalue weighted by Crippen LogP contribution is 2.20. The third-order valence-electron chi connectivity index (χ3n) is 3.69. The maximum Gasteiger partial charge on any atom is 0.304 e. The molecular formula is C19H16BFN2O2S. The van der Waals surface area contributed by atoms with Crippen molar-refractivity contribution >= 4 is 36.3 Å². The van der Waals surface area contributed by atoms with Gasteiger partial charge in [0, 0.05) is 17.6 Å². The smallest absolute Gasteiger partial charge is 0.304 e. The summed E-state index contributed by atoms with van der Waals surface area (Å²) in [5, 5.41) is 12.6. The largest absolute Gasteiger partial charge is 0.449 e. The van der Waals surface area contributed by atoms with Crippen molar-refractivity contribution in [3.8, 4) is 0 Å². The molecule has 3 aromatic rings. The lowest BCUT2D eigenvalue weighted by Crippen LogP contribution is -2.12. The molecular weight excluding hydrogens is 350 g/mol. The number of hydrogen-bond acceptors (Lipinski definition) is 4. The van der Waals surface area contributed by atoms with Gasteiger partial charge in [-0.3, -0.25) is 4.79 Å². The second-order valence-electron chi connectivity index (χ2n) is 5.61. The summed E-state index contributed by atoms with van der Waals surface area (Å²) in [6.45, 7) is 0. The van der Waals surface area contributed by atoms with E-state index in [2.05, 4.69) is 10.3 Å². The van der Waals surface area contributed by atoms with E-state index < -0.39 is 0 Å². The SMILES string of the molecule is O=C(Nc1ccc(F)cc1)c1ccc(SCc2ccc(BO)cc2)nc1. The van der Waals surface area contributed by atoms with E-state index in [0.717, 1.165) is 21.8 Å². The van der Waals surface area contributed by atoms with Crippen LogP contribution < -0.4 is 10.8 Å². The van der Waals surface area contributed by atoms with Gasteiger partial charge in [-0.05, 0) is 42.0 Å². The molecule has 4 nitrogen and oxygen atoms in total. The number of carbonyl (C=O) groups is 1. The molecule has 0 bridgehead atoms. The number of carbonyl (C=O) groups excluding carboxylic acids is 1. The van der Waals surface area contributed by atoms with Gasteiger partial charge < -0.3 is 10.3 Å². The lowest BCUT2D eigenvalue weighted by Gasteiger charge is -2.06. The van der Waals surface area contributed by atoms with Crippen molar-refractivity contribution in [3.63, 3.8) is 0 Å². The predicted molar refractivity (Wildman–Crippen MR) is 104 cm³/mol. The maximum absolute atomic E-state index is 12.9. The topological polar surface area (TPSA) is 62.2 Å². The first kappa shape index (κ1) is 18.2. The van der Waals surface area contributed by atoms with Gasteiger partial charge in [-0.2, -0.15) is 0 Å². The Balaban J connectivity index is 1.56. The molecule has 0 radical (unpaired) electrons. The summed E-state index contributed by atoms with van der Waals surface area (Å²) in [5.41, 5.74) is 2.98. The molecule has 1 amide bonds. The Hall–Kier alpha value is -2.64. The molecule has 1 aromatic heterocycles. The van der Waals surface area contributed by atoms with Crippen molar-refractivity contribution < 1.29 is 14.2 Å². The van der Waals surface area contributed by atoms with Crippen LogP contribution >= 0.6 is 11.8 Å². The molecule has 1 heterocycles. The van der Waals surface area contributed by atoms with Crippen LogP contribution in [0.5, 0.6) is 0 Å². The van der Waals surface area contributed by atoms with Crippen LogP contribution in [-0.2, 0) is 5.75 Å². The lowest BCUT2D eigenvalue weighted by atomic mass is 9.88. The zero-order valence-corrected chi connectivity index (χ0v) is 14.7. The third kappa shape index (κ3) is 4.94. The molecule has 0 saturated carbocycles. The minimum atomic E-state index is -0.350. The van der Waals surface area contributed by atoms with Gasteiger partial charge in [-0.1, -0.05) is 29.7 Å². The van der Waals surface area contributed by atoms with Crippen molar-refractivity contribution in [2.24, 2.45) is 0 Å². The Morgan fingerprint density at radius 1 is 1.08 bits per heavy atom. The molecule has 0 saturated heterocycles. The normalized spacial score (nSPS) is 10.4. The number of amides is 1. The number of thioether (sulfide) groups is 1. The Labute approximate surface area is 155 Å². The fourth-order valence-electron chi connectivity index (χ4n) is 2.23. The average Bonchev–Trinajstić information content (AvgIpc) is 2.69. The first-order valence-corrected chi connectivity index (χ1v) is 8.97. The van der Waals surface area contributed by atoms with Gasteiger partial charge in [-0.25, -0.2) is 9.37 Å². The molecule has 3 rings (SSSR count). The first-order valence-electron chi connectivity index (χ1n) is 7.98. The maximum atomic E-state index is 12.9. The number of benzene rings is 2. The molecule has 2 N–H and O–H groups in total. The summed E-state index contributed by atoms with van der Waals surface area (Å²) >= 11 is 1.57. The fourth-order valence-corrected chi connectivity index (χ4v) is 3.03. The van der Waals surface area contributed by atoms with Crippen LogP contribution in [0.4, 0.5) is 10.1 Å². The molecule has 0 fully saturated rings. The quantitative estimate of drug-likeness (QED) is 0.520. The number of halogens is 1. The van der Waals surface area contributed by atoms with Crippen LogP contribution in [0, 0.1) is 5.82 Å². The summed E-state index contributed by atoms with van der Waals surface area (Å²) in [5.74, 6) is 0.108. The Kier molecular flexibility index (Phi) is 6.04. The monoisotopic (exact) mass is 366 g/mol. The van der Waals surface area contributed by atoms with Crippen LogP contribution in [0.15, 0.2) is 71.9 Å². The minimum absolute atomic E-state index is 0.0381. The van der Waals surface area contributed by atoms with Gasteiger partial charge in [0.25, 0.3) is 5.91 Å².